The molecule has 3 rings (SSSR count). The fourth-order valence-electron chi connectivity index (χ4n) is 2.97. The molecule has 4 nitrogen and oxygen atoms in total. The Morgan fingerprint density at radius 1 is 1.45 bits per heavy atom. The number of nitrogens with zero attached hydrogens (tertiary/aromatic N) is 3. The smallest absolute Gasteiger partial charge is 0.139 e. The molecule has 1 aromatic heterocycles. The number of benzene rings is 1. The molecule has 0 fully saturated rings. The van der Waals surface area contributed by atoms with Gasteiger partial charge in [0, 0.05) is 17.3 Å². The van der Waals surface area contributed by atoms with Gasteiger partial charge in [0.25, 0.3) is 0 Å². The zero-order valence-corrected chi connectivity index (χ0v) is 13.6. The van der Waals surface area contributed by atoms with Crippen molar-refractivity contribution in [2.75, 3.05) is 0 Å². The summed E-state index contributed by atoms with van der Waals surface area (Å²) in [6.45, 7) is 4.99. The van der Waals surface area contributed by atoms with Crippen molar-refractivity contribution in [2.45, 2.75) is 44.2 Å². The maximum atomic E-state index is 13.8. The van der Waals surface area contributed by atoms with Gasteiger partial charge in [-0.15, -0.1) is 0 Å². The fourth-order valence-corrected chi connectivity index (χ4v) is 4.53. The number of hydrogen-bond donors (Lipinski definition) is 0. The van der Waals surface area contributed by atoms with E-state index < -0.39 is 10.8 Å². The summed E-state index contributed by atoms with van der Waals surface area (Å²) in [4.78, 5) is 4.24. The highest BCUT2D eigenvalue weighted by molar-refractivity contribution is 7.84. The minimum Gasteiger partial charge on any atom is -0.258 e. The van der Waals surface area contributed by atoms with Crippen LogP contribution in [0, 0.1) is 11.7 Å². The number of rotatable bonds is 5. The average molecular weight is 321 g/mol. The van der Waals surface area contributed by atoms with Crippen molar-refractivity contribution in [3.8, 4) is 0 Å². The van der Waals surface area contributed by atoms with Crippen LogP contribution in [-0.4, -0.2) is 19.0 Å². The zero-order valence-electron chi connectivity index (χ0n) is 12.8. The molecule has 2 aromatic rings. The molecule has 118 valence electrons. The molecule has 0 amide bonds. The predicted octanol–water partition coefficient (Wildman–Crippen LogP) is 3.01. The van der Waals surface area contributed by atoms with Gasteiger partial charge in [-0.2, -0.15) is 5.10 Å². The predicted molar refractivity (Wildman–Crippen MR) is 84.2 cm³/mol. The highest BCUT2D eigenvalue weighted by Crippen LogP contribution is 2.37. The van der Waals surface area contributed by atoms with Crippen LogP contribution in [0.25, 0.3) is 0 Å². The molecule has 1 aromatic carbocycles. The lowest BCUT2D eigenvalue weighted by Crippen LogP contribution is -2.14. The largest absolute Gasteiger partial charge is 0.258 e. The highest BCUT2D eigenvalue weighted by Gasteiger charge is 2.30. The van der Waals surface area contributed by atoms with Crippen molar-refractivity contribution in [3.63, 3.8) is 0 Å². The van der Waals surface area contributed by atoms with E-state index >= 15 is 0 Å². The van der Waals surface area contributed by atoms with E-state index in [4.69, 9.17) is 0 Å². The van der Waals surface area contributed by atoms with Crippen LogP contribution in [0.3, 0.4) is 0 Å². The number of hydrogen-bond acceptors (Lipinski definition) is 3. The molecule has 1 aliphatic carbocycles. The van der Waals surface area contributed by atoms with Crippen molar-refractivity contribution in [3.05, 3.63) is 47.3 Å². The van der Waals surface area contributed by atoms with Crippen LogP contribution in [0.5, 0.6) is 0 Å². The second-order valence-electron chi connectivity index (χ2n) is 6.11. The lowest BCUT2D eigenvalue weighted by molar-refractivity contribution is 0.471. The van der Waals surface area contributed by atoms with E-state index in [1.54, 1.807) is 6.07 Å². The van der Waals surface area contributed by atoms with Crippen molar-refractivity contribution in [1.82, 2.24) is 14.8 Å². The molecule has 0 N–H and O–H groups in total. The van der Waals surface area contributed by atoms with Gasteiger partial charge in [0.2, 0.25) is 0 Å². The fraction of sp³-hybridized carbons (Fsp3) is 0.500. The summed E-state index contributed by atoms with van der Waals surface area (Å²) in [6.07, 6.45) is 2.91. The maximum absolute atomic E-state index is 13.8. The standard InChI is InChI=1S/C16H20FN3OS/c1-11(2)8-20-16(18-10-19-20)9-22(21)15-7-6-12-13(15)4-3-5-14(12)17/h3-5,10-11,15H,6-9H2,1-2H3/t15-,22-/m1/s1. The molecule has 2 atom stereocenters. The second kappa shape index (κ2) is 6.28. The van der Waals surface area contributed by atoms with E-state index in [9.17, 15) is 8.60 Å². The first-order chi connectivity index (χ1) is 10.6. The Balaban J connectivity index is 1.77. The molecule has 0 aliphatic heterocycles. The molecule has 1 aliphatic rings. The van der Waals surface area contributed by atoms with Crippen molar-refractivity contribution in [2.24, 2.45) is 5.92 Å². The van der Waals surface area contributed by atoms with Gasteiger partial charge in [0.1, 0.15) is 18.0 Å². The summed E-state index contributed by atoms with van der Waals surface area (Å²) in [5.74, 6) is 1.39. The van der Waals surface area contributed by atoms with Crippen LogP contribution in [0.2, 0.25) is 0 Å². The monoisotopic (exact) mass is 321 g/mol. The molecule has 1 heterocycles. The molecule has 6 heteroatoms. The number of fused-ring (bicyclic) bond motifs is 1. The lowest BCUT2D eigenvalue weighted by Gasteiger charge is -2.13. The Hall–Kier alpha value is -1.56. The number of halogens is 1. The van der Waals surface area contributed by atoms with E-state index in [-0.39, 0.29) is 11.1 Å². The first-order valence-electron chi connectivity index (χ1n) is 7.57. The highest BCUT2D eigenvalue weighted by atomic mass is 32.2. The summed E-state index contributed by atoms with van der Waals surface area (Å²) in [5.41, 5.74) is 1.62. The first kappa shape index (κ1) is 15.3. The third-order valence-electron chi connectivity index (χ3n) is 3.98. The van der Waals surface area contributed by atoms with Crippen LogP contribution >= 0.6 is 0 Å². The third-order valence-corrected chi connectivity index (χ3v) is 5.65. The van der Waals surface area contributed by atoms with E-state index in [0.717, 1.165) is 29.9 Å². The second-order valence-corrected chi connectivity index (χ2v) is 7.73. The summed E-state index contributed by atoms with van der Waals surface area (Å²) in [6, 6.07) is 5.07. The third kappa shape index (κ3) is 2.97. The van der Waals surface area contributed by atoms with E-state index in [1.807, 2.05) is 10.7 Å². The number of aromatic nitrogens is 3. The Labute approximate surface area is 132 Å². The Morgan fingerprint density at radius 3 is 3.05 bits per heavy atom. The van der Waals surface area contributed by atoms with E-state index in [0.29, 0.717) is 18.1 Å². The molecule has 0 radical (unpaired) electrons. The Bertz CT molecular complexity index is 698. The van der Waals surface area contributed by atoms with Gasteiger partial charge in [0.05, 0.1) is 11.0 Å². The summed E-state index contributed by atoms with van der Waals surface area (Å²) in [5, 5.41) is 4.10. The quantitative estimate of drug-likeness (QED) is 0.850. The van der Waals surface area contributed by atoms with Gasteiger partial charge in [-0.25, -0.2) is 14.1 Å². The minimum atomic E-state index is -1.11. The molecular weight excluding hydrogens is 301 g/mol. The van der Waals surface area contributed by atoms with Gasteiger partial charge in [0.15, 0.2) is 0 Å². The van der Waals surface area contributed by atoms with Gasteiger partial charge in [-0.1, -0.05) is 26.0 Å². The van der Waals surface area contributed by atoms with Crippen molar-refractivity contribution >= 4 is 10.8 Å². The summed E-state index contributed by atoms with van der Waals surface area (Å²) in [7, 11) is -1.11. The van der Waals surface area contributed by atoms with Crippen LogP contribution < -0.4 is 0 Å². The zero-order chi connectivity index (χ0) is 15.7. The SMILES string of the molecule is CC(C)Cn1ncnc1C[S@@](=O)[C@@H]1CCc2c(F)cccc21. The molecule has 0 saturated heterocycles. The average Bonchev–Trinajstić information content (AvgIpc) is 3.06. The van der Waals surface area contributed by atoms with Gasteiger partial charge >= 0.3 is 0 Å². The Kier molecular flexibility index (Phi) is 4.38. The van der Waals surface area contributed by atoms with Gasteiger partial charge in [-0.05, 0) is 36.0 Å². The van der Waals surface area contributed by atoms with Gasteiger partial charge < -0.3 is 0 Å². The van der Waals surface area contributed by atoms with Crippen LogP contribution in [0.15, 0.2) is 24.5 Å². The van der Waals surface area contributed by atoms with Crippen molar-refractivity contribution < 1.29 is 8.60 Å². The maximum Gasteiger partial charge on any atom is 0.139 e. The minimum absolute atomic E-state index is 0.102. The lowest BCUT2D eigenvalue weighted by atomic mass is 10.1. The van der Waals surface area contributed by atoms with Gasteiger partial charge in [-0.3, -0.25) is 4.21 Å². The Morgan fingerprint density at radius 2 is 2.27 bits per heavy atom. The summed E-state index contributed by atoms with van der Waals surface area (Å²) >= 11 is 0. The van der Waals surface area contributed by atoms with Crippen LogP contribution in [0.4, 0.5) is 4.39 Å². The normalized spacial score (nSPS) is 18.6. The van der Waals surface area contributed by atoms with Crippen molar-refractivity contribution in [1.29, 1.82) is 0 Å². The van der Waals surface area contributed by atoms with Crippen LogP contribution in [0.1, 0.15) is 42.5 Å². The molecular formula is C16H20FN3OS. The topological polar surface area (TPSA) is 47.8 Å². The first-order valence-corrected chi connectivity index (χ1v) is 8.95. The molecule has 0 bridgehead atoms. The summed E-state index contributed by atoms with van der Waals surface area (Å²) < 4.78 is 28.3. The van der Waals surface area contributed by atoms with E-state index in [2.05, 4.69) is 23.9 Å². The molecule has 0 spiro atoms. The molecule has 0 unspecified atom stereocenters. The molecule has 22 heavy (non-hydrogen) atoms. The van der Waals surface area contributed by atoms with Crippen LogP contribution in [-0.2, 0) is 29.5 Å². The molecule has 0 saturated carbocycles. The van der Waals surface area contributed by atoms with E-state index in [1.165, 1.54) is 12.4 Å².